The largest absolute Gasteiger partial charge is 0.444 e. The number of nitrogens with zero attached hydrogens (tertiary/aromatic N) is 1. The van der Waals surface area contributed by atoms with Gasteiger partial charge in [0.05, 0.1) is 0 Å². The van der Waals surface area contributed by atoms with E-state index in [9.17, 15) is 4.79 Å². The fourth-order valence-corrected chi connectivity index (χ4v) is 2.28. The highest BCUT2D eigenvalue weighted by molar-refractivity contribution is 5.69. The van der Waals surface area contributed by atoms with Gasteiger partial charge in [-0.3, -0.25) is 0 Å². The number of rotatable bonds is 8. The third kappa shape index (κ3) is 10.6. The van der Waals surface area contributed by atoms with Crippen molar-refractivity contribution in [2.24, 2.45) is 5.41 Å². The fourth-order valence-electron chi connectivity index (χ4n) is 2.28. The molecule has 0 bridgehead atoms. The molecule has 0 aliphatic carbocycles. The van der Waals surface area contributed by atoms with Crippen LogP contribution in [0.15, 0.2) is 0 Å². The van der Waals surface area contributed by atoms with Gasteiger partial charge in [-0.25, -0.2) is 4.79 Å². The van der Waals surface area contributed by atoms with E-state index in [1.807, 2.05) is 41.5 Å². The predicted octanol–water partition coefficient (Wildman–Crippen LogP) is 3.41. The van der Waals surface area contributed by atoms with Crippen LogP contribution in [0.3, 0.4) is 0 Å². The van der Waals surface area contributed by atoms with Crippen molar-refractivity contribution in [2.45, 2.75) is 79.4 Å². The van der Waals surface area contributed by atoms with Gasteiger partial charge in [0.2, 0.25) is 0 Å². The molecule has 2 N–H and O–H groups in total. The van der Waals surface area contributed by atoms with Crippen LogP contribution in [0.1, 0.15) is 68.2 Å². The van der Waals surface area contributed by atoms with Crippen LogP contribution in [0.4, 0.5) is 4.79 Å². The van der Waals surface area contributed by atoms with E-state index in [4.69, 9.17) is 9.84 Å². The van der Waals surface area contributed by atoms with Crippen LogP contribution in [-0.4, -0.2) is 53.5 Å². The van der Waals surface area contributed by atoms with E-state index in [0.29, 0.717) is 6.54 Å². The minimum atomic E-state index is -0.486. The summed E-state index contributed by atoms with van der Waals surface area (Å²) >= 11 is 0. The number of amides is 1. The molecule has 0 saturated carbocycles. The van der Waals surface area contributed by atoms with Crippen molar-refractivity contribution in [2.75, 3.05) is 26.2 Å². The monoisotopic (exact) mass is 330 g/mol. The van der Waals surface area contributed by atoms with E-state index in [1.54, 1.807) is 4.90 Å². The number of aliphatic hydroxyl groups excluding tert-OH is 1. The summed E-state index contributed by atoms with van der Waals surface area (Å²) < 4.78 is 5.51. The van der Waals surface area contributed by atoms with Crippen LogP contribution < -0.4 is 5.32 Å². The summed E-state index contributed by atoms with van der Waals surface area (Å²) in [6.07, 6.45) is 1.53. The van der Waals surface area contributed by atoms with Gasteiger partial charge in [0, 0.05) is 31.8 Å². The highest BCUT2D eigenvalue weighted by atomic mass is 16.6. The Labute approximate surface area is 142 Å². The molecule has 0 rings (SSSR count). The van der Waals surface area contributed by atoms with Gasteiger partial charge in [-0.2, -0.15) is 0 Å². The number of hydrogen-bond acceptors (Lipinski definition) is 4. The molecule has 1 amide bonds. The minimum absolute atomic E-state index is 0.140. The zero-order chi connectivity index (χ0) is 18.3. The van der Waals surface area contributed by atoms with E-state index in [1.165, 1.54) is 0 Å². The van der Waals surface area contributed by atoms with Crippen molar-refractivity contribution in [3.8, 4) is 0 Å². The molecule has 0 fully saturated rings. The molecule has 5 heteroatoms. The molecule has 0 heterocycles. The first-order chi connectivity index (χ1) is 10.3. The lowest BCUT2D eigenvalue weighted by molar-refractivity contribution is 0.00652. The average Bonchev–Trinajstić information content (AvgIpc) is 2.32. The average molecular weight is 331 g/mol. The second-order valence-electron chi connectivity index (χ2n) is 8.97. The molecule has 5 nitrogen and oxygen atoms in total. The molecule has 0 aromatic rings. The Hall–Kier alpha value is -0.810. The summed E-state index contributed by atoms with van der Waals surface area (Å²) in [5.41, 5.74) is -0.627. The summed E-state index contributed by atoms with van der Waals surface area (Å²) in [7, 11) is 0. The van der Waals surface area contributed by atoms with Crippen molar-refractivity contribution in [3.63, 3.8) is 0 Å². The molecule has 0 spiro atoms. The van der Waals surface area contributed by atoms with Crippen molar-refractivity contribution < 1.29 is 14.6 Å². The lowest BCUT2D eigenvalue weighted by atomic mass is 9.88. The highest BCUT2D eigenvalue weighted by Crippen LogP contribution is 2.21. The van der Waals surface area contributed by atoms with Gasteiger partial charge in [0.25, 0.3) is 0 Å². The smallest absolute Gasteiger partial charge is 0.410 e. The van der Waals surface area contributed by atoms with E-state index in [2.05, 4.69) is 19.2 Å². The Kier molecular flexibility index (Phi) is 8.57. The normalized spacial score (nSPS) is 13.1. The van der Waals surface area contributed by atoms with E-state index in [0.717, 1.165) is 25.9 Å². The first-order valence-electron chi connectivity index (χ1n) is 8.61. The summed E-state index contributed by atoms with van der Waals surface area (Å²) in [5, 5.41) is 12.4. The predicted molar refractivity (Wildman–Crippen MR) is 95.7 cm³/mol. The lowest BCUT2D eigenvalue weighted by Gasteiger charge is -2.37. The zero-order valence-corrected chi connectivity index (χ0v) is 16.5. The Balaban J connectivity index is 4.46. The van der Waals surface area contributed by atoms with Gasteiger partial charge >= 0.3 is 6.09 Å². The van der Waals surface area contributed by atoms with Crippen LogP contribution >= 0.6 is 0 Å². The molecular weight excluding hydrogens is 292 g/mol. The molecule has 0 aromatic carbocycles. The van der Waals surface area contributed by atoms with E-state index >= 15 is 0 Å². The Morgan fingerprint density at radius 1 is 1.09 bits per heavy atom. The maximum absolute atomic E-state index is 12.4. The minimum Gasteiger partial charge on any atom is -0.444 e. The van der Waals surface area contributed by atoms with Crippen LogP contribution in [-0.2, 0) is 4.74 Å². The lowest BCUT2D eigenvalue weighted by Crippen LogP contribution is -2.50. The third-order valence-electron chi connectivity index (χ3n) is 3.55. The first kappa shape index (κ1) is 22.2. The standard InChI is InChI=1S/C18H38N2O3/c1-16(2,3)20(15(22)23-17(4,5)6)12-11-19-14-18(7,8)10-9-13-21/h19,21H,9-14H2,1-8H3. The number of carbonyl (C=O) groups excluding carboxylic acids is 1. The molecular formula is C18H38N2O3. The number of carbonyl (C=O) groups is 1. The number of hydrogen-bond donors (Lipinski definition) is 2. The first-order valence-corrected chi connectivity index (χ1v) is 8.61. The molecule has 0 aliphatic rings. The molecule has 0 saturated heterocycles. The van der Waals surface area contributed by atoms with Gasteiger partial charge in [0.15, 0.2) is 0 Å². The zero-order valence-electron chi connectivity index (χ0n) is 16.5. The van der Waals surface area contributed by atoms with Gasteiger partial charge in [-0.05, 0) is 59.8 Å². The summed E-state index contributed by atoms with van der Waals surface area (Å²) in [6, 6.07) is 0. The van der Waals surface area contributed by atoms with Crippen molar-refractivity contribution in [3.05, 3.63) is 0 Å². The number of aliphatic hydroxyl groups is 1. The molecule has 0 radical (unpaired) electrons. The fraction of sp³-hybridized carbons (Fsp3) is 0.944. The van der Waals surface area contributed by atoms with Gasteiger partial charge in [-0.15, -0.1) is 0 Å². The molecule has 0 atom stereocenters. The molecule has 138 valence electrons. The van der Waals surface area contributed by atoms with Crippen LogP contribution in [0.5, 0.6) is 0 Å². The second kappa shape index (κ2) is 8.88. The SMILES string of the molecule is CC(C)(CCCO)CNCCN(C(=O)OC(C)(C)C)C(C)(C)C. The maximum atomic E-state index is 12.4. The van der Waals surface area contributed by atoms with Crippen molar-refractivity contribution in [1.29, 1.82) is 0 Å². The Morgan fingerprint density at radius 3 is 2.09 bits per heavy atom. The van der Waals surface area contributed by atoms with Crippen LogP contribution in [0, 0.1) is 5.41 Å². The summed E-state index contributed by atoms with van der Waals surface area (Å²) in [5.74, 6) is 0. The summed E-state index contributed by atoms with van der Waals surface area (Å²) in [6.45, 7) is 18.5. The van der Waals surface area contributed by atoms with Gasteiger partial charge in [-0.1, -0.05) is 13.8 Å². The summed E-state index contributed by atoms with van der Waals surface area (Å²) in [4.78, 5) is 14.2. The number of ether oxygens (including phenoxy) is 1. The molecule has 0 aliphatic heterocycles. The molecule has 23 heavy (non-hydrogen) atoms. The maximum Gasteiger partial charge on any atom is 0.410 e. The Morgan fingerprint density at radius 2 is 1.65 bits per heavy atom. The van der Waals surface area contributed by atoms with E-state index < -0.39 is 5.60 Å². The second-order valence-corrected chi connectivity index (χ2v) is 8.97. The van der Waals surface area contributed by atoms with Crippen molar-refractivity contribution in [1.82, 2.24) is 10.2 Å². The quantitative estimate of drug-likeness (QED) is 0.670. The van der Waals surface area contributed by atoms with Crippen molar-refractivity contribution >= 4 is 6.09 Å². The molecule has 0 unspecified atom stereocenters. The van der Waals surface area contributed by atoms with Gasteiger partial charge < -0.3 is 20.1 Å². The number of nitrogens with one attached hydrogen (secondary N) is 1. The van der Waals surface area contributed by atoms with Gasteiger partial charge in [0.1, 0.15) is 5.60 Å². The highest BCUT2D eigenvalue weighted by Gasteiger charge is 2.30. The van der Waals surface area contributed by atoms with Crippen LogP contribution in [0.2, 0.25) is 0 Å². The van der Waals surface area contributed by atoms with E-state index in [-0.39, 0.29) is 23.7 Å². The molecule has 0 aromatic heterocycles. The Bertz CT molecular complexity index is 354. The topological polar surface area (TPSA) is 61.8 Å². The van der Waals surface area contributed by atoms with Crippen LogP contribution in [0.25, 0.3) is 0 Å². The third-order valence-corrected chi connectivity index (χ3v) is 3.55.